The molecule has 0 unspecified atom stereocenters. The molecule has 2 aromatic rings. The van der Waals surface area contributed by atoms with Gasteiger partial charge >= 0.3 is 5.97 Å². The lowest BCUT2D eigenvalue weighted by Gasteiger charge is -1.96. The minimum atomic E-state index is -0.451. The van der Waals surface area contributed by atoms with E-state index in [1.807, 2.05) is 0 Å². The summed E-state index contributed by atoms with van der Waals surface area (Å²) in [6.07, 6.45) is 0. The molecule has 1 aromatic heterocycles. The monoisotopic (exact) mass is 249 g/mol. The molecule has 1 heterocycles. The molecule has 17 heavy (non-hydrogen) atoms. The van der Waals surface area contributed by atoms with E-state index in [9.17, 15) is 9.59 Å². The summed E-state index contributed by atoms with van der Waals surface area (Å²) in [5.74, 6) is -0.466. The van der Waals surface area contributed by atoms with Gasteiger partial charge in [0.15, 0.2) is 5.78 Å². The summed E-state index contributed by atoms with van der Waals surface area (Å²) < 4.78 is 5.46. The quantitative estimate of drug-likeness (QED) is 0.655. The Kier molecular flexibility index (Phi) is 2.85. The highest BCUT2D eigenvalue weighted by Crippen LogP contribution is 2.34. The van der Waals surface area contributed by atoms with Crippen molar-refractivity contribution in [2.75, 3.05) is 12.8 Å². The first kappa shape index (κ1) is 11.6. The van der Waals surface area contributed by atoms with Crippen LogP contribution in [0, 0.1) is 0 Å². The van der Waals surface area contributed by atoms with Crippen molar-refractivity contribution in [3.8, 4) is 0 Å². The molecule has 1 aromatic carbocycles. The molecule has 0 amide bonds. The van der Waals surface area contributed by atoms with Crippen molar-refractivity contribution in [1.29, 1.82) is 0 Å². The second-order valence-corrected chi connectivity index (χ2v) is 4.66. The predicted molar refractivity (Wildman–Crippen MR) is 67.6 cm³/mol. The molecule has 0 aliphatic rings. The SMILES string of the molecule is COC(=O)c1sc2cc(C(C)=O)ccc2c1N. The van der Waals surface area contributed by atoms with E-state index in [1.165, 1.54) is 25.4 Å². The number of thiophene rings is 1. The van der Waals surface area contributed by atoms with Gasteiger partial charge in [0, 0.05) is 15.6 Å². The number of anilines is 1. The van der Waals surface area contributed by atoms with E-state index in [-0.39, 0.29) is 5.78 Å². The van der Waals surface area contributed by atoms with Gasteiger partial charge < -0.3 is 10.5 Å². The summed E-state index contributed by atoms with van der Waals surface area (Å²) in [6, 6.07) is 5.20. The lowest BCUT2D eigenvalue weighted by molar-refractivity contribution is 0.0607. The Bertz CT molecular complexity index is 615. The van der Waals surface area contributed by atoms with Crippen molar-refractivity contribution in [3.63, 3.8) is 0 Å². The van der Waals surface area contributed by atoms with Crippen LogP contribution in [0.15, 0.2) is 18.2 Å². The molecule has 5 heteroatoms. The van der Waals surface area contributed by atoms with E-state index in [4.69, 9.17) is 5.73 Å². The Morgan fingerprint density at radius 2 is 2.06 bits per heavy atom. The largest absolute Gasteiger partial charge is 0.465 e. The first-order valence-electron chi connectivity index (χ1n) is 4.96. The van der Waals surface area contributed by atoms with Crippen LogP contribution >= 0.6 is 11.3 Å². The number of nitrogens with two attached hydrogens (primary N) is 1. The molecular weight excluding hydrogens is 238 g/mol. The maximum absolute atomic E-state index is 11.5. The van der Waals surface area contributed by atoms with Crippen LogP contribution in [0.2, 0.25) is 0 Å². The van der Waals surface area contributed by atoms with Gasteiger partial charge in [-0.05, 0) is 13.0 Å². The van der Waals surface area contributed by atoms with Crippen molar-refractivity contribution in [2.45, 2.75) is 6.92 Å². The molecule has 0 radical (unpaired) electrons. The van der Waals surface area contributed by atoms with E-state index in [2.05, 4.69) is 4.74 Å². The minimum Gasteiger partial charge on any atom is -0.465 e. The van der Waals surface area contributed by atoms with Gasteiger partial charge in [0.25, 0.3) is 0 Å². The number of esters is 1. The number of Topliss-reactive ketones (excluding diaryl/α,β-unsaturated/α-hetero) is 1. The van der Waals surface area contributed by atoms with Gasteiger partial charge in [-0.1, -0.05) is 12.1 Å². The normalized spacial score (nSPS) is 10.5. The van der Waals surface area contributed by atoms with Crippen LogP contribution in [0.3, 0.4) is 0 Å². The fourth-order valence-corrected chi connectivity index (χ4v) is 2.66. The van der Waals surface area contributed by atoms with Gasteiger partial charge in [0.05, 0.1) is 12.8 Å². The first-order valence-corrected chi connectivity index (χ1v) is 5.77. The number of fused-ring (bicyclic) bond motifs is 1. The first-order chi connectivity index (χ1) is 8.04. The molecule has 0 aliphatic heterocycles. The summed E-state index contributed by atoms with van der Waals surface area (Å²) >= 11 is 1.24. The highest BCUT2D eigenvalue weighted by molar-refractivity contribution is 7.21. The zero-order valence-electron chi connectivity index (χ0n) is 9.44. The van der Waals surface area contributed by atoms with Crippen molar-refractivity contribution < 1.29 is 14.3 Å². The van der Waals surface area contributed by atoms with Crippen LogP contribution in [-0.4, -0.2) is 18.9 Å². The Balaban J connectivity index is 2.65. The number of benzene rings is 1. The molecule has 2 N–H and O–H groups in total. The summed E-state index contributed by atoms with van der Waals surface area (Å²) in [7, 11) is 1.31. The van der Waals surface area contributed by atoms with Gasteiger partial charge in [0.1, 0.15) is 4.88 Å². The van der Waals surface area contributed by atoms with Gasteiger partial charge in [-0.15, -0.1) is 11.3 Å². The number of carbonyl (C=O) groups excluding carboxylic acids is 2. The van der Waals surface area contributed by atoms with E-state index in [0.29, 0.717) is 16.1 Å². The van der Waals surface area contributed by atoms with Crippen molar-refractivity contribution in [2.24, 2.45) is 0 Å². The maximum Gasteiger partial charge on any atom is 0.350 e. The third-order valence-electron chi connectivity index (χ3n) is 2.51. The zero-order valence-corrected chi connectivity index (χ0v) is 10.3. The topological polar surface area (TPSA) is 69.4 Å². The second kappa shape index (κ2) is 4.18. The van der Waals surface area contributed by atoms with Crippen molar-refractivity contribution >= 4 is 38.9 Å². The summed E-state index contributed by atoms with van der Waals surface area (Å²) in [5, 5.41) is 0.778. The number of rotatable bonds is 2. The Morgan fingerprint density at radius 1 is 1.35 bits per heavy atom. The number of hydrogen-bond acceptors (Lipinski definition) is 5. The number of ether oxygens (including phenoxy) is 1. The number of nitrogen functional groups attached to an aromatic ring is 1. The van der Waals surface area contributed by atoms with Crippen LogP contribution in [0.25, 0.3) is 10.1 Å². The molecule has 0 fully saturated rings. The number of ketones is 1. The van der Waals surface area contributed by atoms with E-state index in [1.54, 1.807) is 18.2 Å². The Labute approximate surface area is 102 Å². The van der Waals surface area contributed by atoms with Gasteiger partial charge in [-0.2, -0.15) is 0 Å². The van der Waals surface area contributed by atoms with Gasteiger partial charge in [0.2, 0.25) is 0 Å². The average molecular weight is 249 g/mol. The van der Waals surface area contributed by atoms with E-state index in [0.717, 1.165) is 10.1 Å². The predicted octanol–water partition coefficient (Wildman–Crippen LogP) is 2.47. The van der Waals surface area contributed by atoms with Gasteiger partial charge in [-0.25, -0.2) is 4.79 Å². The summed E-state index contributed by atoms with van der Waals surface area (Å²) in [6.45, 7) is 1.50. The molecule has 0 aliphatic carbocycles. The number of methoxy groups -OCH3 is 1. The molecule has 0 atom stereocenters. The van der Waals surface area contributed by atoms with Crippen LogP contribution < -0.4 is 5.73 Å². The van der Waals surface area contributed by atoms with Crippen molar-refractivity contribution in [3.05, 3.63) is 28.6 Å². The average Bonchev–Trinajstić information content (AvgIpc) is 2.65. The van der Waals surface area contributed by atoms with Crippen LogP contribution in [0.4, 0.5) is 5.69 Å². The zero-order chi connectivity index (χ0) is 12.6. The Morgan fingerprint density at radius 3 is 2.65 bits per heavy atom. The number of carbonyl (C=O) groups is 2. The lowest BCUT2D eigenvalue weighted by atomic mass is 10.1. The molecule has 88 valence electrons. The van der Waals surface area contributed by atoms with Gasteiger partial charge in [-0.3, -0.25) is 4.79 Å². The standard InChI is InChI=1S/C12H11NO3S/c1-6(14)7-3-4-8-9(5-7)17-11(10(8)13)12(15)16-2/h3-5H,13H2,1-2H3. The molecular formula is C12H11NO3S. The van der Waals surface area contributed by atoms with Crippen LogP contribution in [0.1, 0.15) is 27.0 Å². The minimum absolute atomic E-state index is 0.0153. The van der Waals surface area contributed by atoms with Crippen LogP contribution in [0.5, 0.6) is 0 Å². The third kappa shape index (κ3) is 1.89. The molecule has 0 saturated heterocycles. The smallest absolute Gasteiger partial charge is 0.350 e. The highest BCUT2D eigenvalue weighted by Gasteiger charge is 2.17. The highest BCUT2D eigenvalue weighted by atomic mass is 32.1. The molecule has 2 rings (SSSR count). The summed E-state index contributed by atoms with van der Waals surface area (Å²) in [5.41, 5.74) is 6.88. The fourth-order valence-electron chi connectivity index (χ4n) is 1.58. The fraction of sp³-hybridized carbons (Fsp3) is 0.167. The van der Waals surface area contributed by atoms with Crippen LogP contribution in [-0.2, 0) is 4.74 Å². The Hall–Kier alpha value is -1.88. The molecule has 0 saturated carbocycles. The molecule has 0 spiro atoms. The van der Waals surface area contributed by atoms with E-state index < -0.39 is 5.97 Å². The lowest BCUT2D eigenvalue weighted by Crippen LogP contribution is -2.01. The van der Waals surface area contributed by atoms with E-state index >= 15 is 0 Å². The third-order valence-corrected chi connectivity index (χ3v) is 3.65. The van der Waals surface area contributed by atoms with Crippen molar-refractivity contribution in [1.82, 2.24) is 0 Å². The number of hydrogen-bond donors (Lipinski definition) is 1. The second-order valence-electron chi connectivity index (χ2n) is 3.60. The maximum atomic E-state index is 11.5. The summed E-state index contributed by atoms with van der Waals surface area (Å²) in [4.78, 5) is 23.1. The molecule has 0 bridgehead atoms. The molecule has 4 nitrogen and oxygen atoms in total.